The molecule has 0 atom stereocenters. The van der Waals surface area contributed by atoms with Gasteiger partial charge in [-0.05, 0) is 24.3 Å². The van der Waals surface area contributed by atoms with Crippen LogP contribution < -0.4 is 4.74 Å². The van der Waals surface area contributed by atoms with E-state index >= 15 is 0 Å². The Balaban J connectivity index is 1.69. The number of phenols is 1. The number of aromatic nitrogens is 2. The fourth-order valence-corrected chi connectivity index (χ4v) is 2.51. The van der Waals surface area contributed by atoms with Crippen molar-refractivity contribution in [1.29, 1.82) is 0 Å². The lowest BCUT2D eigenvalue weighted by Gasteiger charge is -2.07. The summed E-state index contributed by atoms with van der Waals surface area (Å²) < 4.78 is 16.0. The number of benzene rings is 2. The maximum Gasteiger partial charge on any atom is 0.342 e. The minimum Gasteiger partial charge on any atom is -0.504 e. The standard InChI is InChI=1S/C17H13BrN2O5/c1-23-13-7-3-6-12(15(13)21)17(22)24-9-14-19-16(20-25-14)10-4-2-5-11(18)8-10/h2-8,21H,9H2,1H3. The van der Waals surface area contributed by atoms with Gasteiger partial charge < -0.3 is 19.1 Å². The average Bonchev–Trinajstić information content (AvgIpc) is 3.09. The van der Waals surface area contributed by atoms with E-state index in [-0.39, 0.29) is 29.6 Å². The van der Waals surface area contributed by atoms with Crippen molar-refractivity contribution in [3.63, 3.8) is 0 Å². The van der Waals surface area contributed by atoms with Gasteiger partial charge in [-0.15, -0.1) is 0 Å². The minimum absolute atomic E-state index is 0.00826. The van der Waals surface area contributed by atoms with E-state index in [2.05, 4.69) is 26.1 Å². The number of phenolic OH excluding ortho intramolecular Hbond substituents is 1. The van der Waals surface area contributed by atoms with Crippen LogP contribution >= 0.6 is 15.9 Å². The van der Waals surface area contributed by atoms with Crippen LogP contribution in [0.2, 0.25) is 0 Å². The van der Waals surface area contributed by atoms with Crippen LogP contribution in [0.4, 0.5) is 0 Å². The van der Waals surface area contributed by atoms with E-state index in [1.54, 1.807) is 6.07 Å². The molecule has 0 aliphatic carbocycles. The summed E-state index contributed by atoms with van der Waals surface area (Å²) in [5, 5.41) is 13.8. The van der Waals surface area contributed by atoms with Gasteiger partial charge in [-0.3, -0.25) is 0 Å². The topological polar surface area (TPSA) is 94.7 Å². The van der Waals surface area contributed by atoms with Gasteiger partial charge in [0.1, 0.15) is 5.56 Å². The number of nitrogens with zero attached hydrogens (tertiary/aromatic N) is 2. The van der Waals surface area contributed by atoms with Gasteiger partial charge in [-0.1, -0.05) is 39.3 Å². The molecule has 1 N–H and O–H groups in total. The molecule has 8 heteroatoms. The molecule has 0 saturated carbocycles. The van der Waals surface area contributed by atoms with Crippen molar-refractivity contribution in [3.8, 4) is 22.9 Å². The molecule has 0 unspecified atom stereocenters. The van der Waals surface area contributed by atoms with Crippen molar-refractivity contribution in [2.75, 3.05) is 7.11 Å². The van der Waals surface area contributed by atoms with Crippen molar-refractivity contribution in [1.82, 2.24) is 10.1 Å². The van der Waals surface area contributed by atoms with Crippen molar-refractivity contribution < 1.29 is 23.9 Å². The summed E-state index contributed by atoms with van der Waals surface area (Å²) in [5.74, 6) is -0.291. The molecule has 0 bridgehead atoms. The smallest absolute Gasteiger partial charge is 0.342 e. The van der Waals surface area contributed by atoms with Crippen LogP contribution in [0.25, 0.3) is 11.4 Å². The van der Waals surface area contributed by atoms with Gasteiger partial charge in [0.15, 0.2) is 18.1 Å². The van der Waals surface area contributed by atoms with Crippen molar-refractivity contribution >= 4 is 21.9 Å². The Bertz CT molecular complexity index is 910. The molecular formula is C17H13BrN2O5. The van der Waals surface area contributed by atoms with E-state index in [9.17, 15) is 9.90 Å². The Labute approximate surface area is 151 Å². The van der Waals surface area contributed by atoms with E-state index < -0.39 is 5.97 Å². The lowest BCUT2D eigenvalue weighted by atomic mass is 10.2. The SMILES string of the molecule is COc1cccc(C(=O)OCc2nc(-c3cccc(Br)c3)no2)c1O. The summed E-state index contributed by atoms with van der Waals surface area (Å²) in [6.07, 6.45) is 0. The predicted molar refractivity (Wildman–Crippen MR) is 91.2 cm³/mol. The molecular weight excluding hydrogens is 392 g/mol. The monoisotopic (exact) mass is 404 g/mol. The van der Waals surface area contributed by atoms with Gasteiger partial charge in [-0.25, -0.2) is 4.79 Å². The molecule has 0 radical (unpaired) electrons. The highest BCUT2D eigenvalue weighted by molar-refractivity contribution is 9.10. The van der Waals surface area contributed by atoms with E-state index in [0.29, 0.717) is 5.82 Å². The number of hydrogen-bond acceptors (Lipinski definition) is 7. The van der Waals surface area contributed by atoms with Gasteiger partial charge in [-0.2, -0.15) is 4.98 Å². The largest absolute Gasteiger partial charge is 0.504 e. The molecule has 3 rings (SSSR count). The molecule has 1 aromatic heterocycles. The van der Waals surface area contributed by atoms with Crippen molar-refractivity contribution in [2.45, 2.75) is 6.61 Å². The van der Waals surface area contributed by atoms with Crippen LogP contribution in [0, 0.1) is 0 Å². The zero-order chi connectivity index (χ0) is 17.8. The molecule has 3 aromatic rings. The zero-order valence-corrected chi connectivity index (χ0v) is 14.7. The fourth-order valence-electron chi connectivity index (χ4n) is 2.12. The molecule has 0 spiro atoms. The molecule has 1 heterocycles. The first-order valence-corrected chi connectivity index (χ1v) is 7.99. The molecule has 2 aromatic carbocycles. The summed E-state index contributed by atoms with van der Waals surface area (Å²) >= 11 is 3.37. The summed E-state index contributed by atoms with van der Waals surface area (Å²) in [6.45, 7) is -0.212. The van der Waals surface area contributed by atoms with Gasteiger partial charge in [0, 0.05) is 10.0 Å². The Morgan fingerprint density at radius 2 is 2.08 bits per heavy atom. The summed E-state index contributed by atoms with van der Waals surface area (Å²) in [6, 6.07) is 11.9. The molecule has 7 nitrogen and oxygen atoms in total. The summed E-state index contributed by atoms with van der Waals surface area (Å²) in [7, 11) is 1.39. The molecule has 128 valence electrons. The Kier molecular flexibility index (Phi) is 4.99. The molecule has 0 aliphatic rings. The van der Waals surface area contributed by atoms with Gasteiger partial charge in [0.05, 0.1) is 7.11 Å². The first-order valence-electron chi connectivity index (χ1n) is 7.20. The van der Waals surface area contributed by atoms with Crippen LogP contribution in [-0.2, 0) is 11.3 Å². The average molecular weight is 405 g/mol. The first-order chi connectivity index (χ1) is 12.1. The highest BCUT2D eigenvalue weighted by Gasteiger charge is 2.18. The van der Waals surface area contributed by atoms with Crippen LogP contribution in [0.15, 0.2) is 51.5 Å². The van der Waals surface area contributed by atoms with Gasteiger partial charge in [0.2, 0.25) is 5.82 Å². The second-order valence-electron chi connectivity index (χ2n) is 4.95. The van der Waals surface area contributed by atoms with Crippen molar-refractivity contribution in [2.24, 2.45) is 0 Å². The number of esters is 1. The van der Waals surface area contributed by atoms with Crippen LogP contribution in [0.1, 0.15) is 16.2 Å². The predicted octanol–water partition coefficient (Wildman–Crippen LogP) is 3.57. The molecule has 0 fully saturated rings. The van der Waals surface area contributed by atoms with Gasteiger partial charge in [0.25, 0.3) is 5.89 Å². The van der Waals surface area contributed by atoms with E-state index in [1.165, 1.54) is 19.2 Å². The third kappa shape index (κ3) is 3.80. The number of para-hydroxylation sites is 1. The number of halogens is 1. The summed E-state index contributed by atoms with van der Waals surface area (Å²) in [5.41, 5.74) is 0.757. The molecule has 0 saturated heterocycles. The number of ether oxygens (including phenoxy) is 2. The second-order valence-corrected chi connectivity index (χ2v) is 5.87. The zero-order valence-electron chi connectivity index (χ0n) is 13.1. The summed E-state index contributed by atoms with van der Waals surface area (Å²) in [4.78, 5) is 16.3. The lowest BCUT2D eigenvalue weighted by Crippen LogP contribution is -2.06. The number of methoxy groups -OCH3 is 1. The van der Waals surface area contributed by atoms with Crippen molar-refractivity contribution in [3.05, 3.63) is 58.4 Å². The third-order valence-corrected chi connectivity index (χ3v) is 3.81. The number of hydrogen-bond donors (Lipinski definition) is 1. The molecule has 0 amide bonds. The van der Waals surface area contributed by atoms with E-state index in [4.69, 9.17) is 14.0 Å². The lowest BCUT2D eigenvalue weighted by molar-refractivity contribution is 0.0426. The van der Waals surface area contributed by atoms with Crippen LogP contribution in [-0.4, -0.2) is 28.3 Å². The number of rotatable bonds is 5. The van der Waals surface area contributed by atoms with Gasteiger partial charge >= 0.3 is 5.97 Å². The highest BCUT2D eigenvalue weighted by atomic mass is 79.9. The molecule has 0 aliphatic heterocycles. The third-order valence-electron chi connectivity index (χ3n) is 3.32. The number of carbonyl (C=O) groups is 1. The highest BCUT2D eigenvalue weighted by Crippen LogP contribution is 2.30. The maximum absolute atomic E-state index is 12.1. The normalized spacial score (nSPS) is 10.5. The number of carbonyl (C=O) groups excluding carboxylic acids is 1. The first kappa shape index (κ1) is 17.0. The Hall–Kier alpha value is -2.87. The number of aromatic hydroxyl groups is 1. The Morgan fingerprint density at radius 1 is 1.28 bits per heavy atom. The quantitative estimate of drug-likeness (QED) is 0.649. The van der Waals surface area contributed by atoms with E-state index in [0.717, 1.165) is 10.0 Å². The van der Waals surface area contributed by atoms with Crippen LogP contribution in [0.3, 0.4) is 0 Å². The van der Waals surface area contributed by atoms with Crippen LogP contribution in [0.5, 0.6) is 11.5 Å². The minimum atomic E-state index is -0.724. The second kappa shape index (κ2) is 7.35. The molecule has 25 heavy (non-hydrogen) atoms. The maximum atomic E-state index is 12.1. The Morgan fingerprint density at radius 3 is 2.84 bits per heavy atom. The fraction of sp³-hybridized carbons (Fsp3) is 0.118. The van der Waals surface area contributed by atoms with E-state index in [1.807, 2.05) is 24.3 Å².